The summed E-state index contributed by atoms with van der Waals surface area (Å²) in [7, 11) is -8.58. The van der Waals surface area contributed by atoms with E-state index in [4.69, 9.17) is 23.8 Å². The van der Waals surface area contributed by atoms with Gasteiger partial charge in [0.05, 0.1) is 4.90 Å². The first-order chi connectivity index (χ1) is 10.8. The first-order valence-electron chi connectivity index (χ1n) is 6.53. The van der Waals surface area contributed by atoms with Crippen LogP contribution in [0.2, 0.25) is 0 Å². The van der Waals surface area contributed by atoms with Gasteiger partial charge in [0.1, 0.15) is 0 Å². The van der Waals surface area contributed by atoms with Crippen molar-refractivity contribution in [1.82, 2.24) is 0 Å². The van der Waals surface area contributed by atoms with Crippen molar-refractivity contribution in [2.75, 3.05) is 0 Å². The Kier molecular flexibility index (Phi) is 6.42. The minimum atomic E-state index is -4.94. The van der Waals surface area contributed by atoms with Gasteiger partial charge in [0.15, 0.2) is 11.9 Å². The maximum atomic E-state index is 11.2. The van der Waals surface area contributed by atoms with E-state index in [0.29, 0.717) is 0 Å². The van der Waals surface area contributed by atoms with Crippen molar-refractivity contribution < 1.29 is 41.9 Å². The molecule has 0 atom stereocenters. The highest BCUT2D eigenvalue weighted by molar-refractivity contribution is 7.89. The Hall–Kier alpha value is -1.59. The molecule has 2 rings (SSSR count). The minimum Gasteiger partial charge on any atom is -0.225 e. The van der Waals surface area contributed by atoms with Gasteiger partial charge in [-0.2, -0.15) is 4.57 Å². The lowest BCUT2D eigenvalue weighted by Crippen LogP contribution is -2.68. The molecule has 2 aromatic rings. The Morgan fingerprint density at radius 1 is 0.958 bits per heavy atom. The molecule has 1 aromatic heterocycles. The molecule has 0 saturated heterocycles. The summed E-state index contributed by atoms with van der Waals surface area (Å²) in [5, 5.41) is 5.08. The predicted molar refractivity (Wildman–Crippen MR) is 73.6 cm³/mol. The van der Waals surface area contributed by atoms with Crippen LogP contribution in [-0.4, -0.2) is 8.42 Å². The average Bonchev–Trinajstić information content (AvgIpc) is 2.40. The van der Waals surface area contributed by atoms with Gasteiger partial charge in [-0.1, -0.05) is 0 Å². The third-order valence-electron chi connectivity index (χ3n) is 3.19. The minimum absolute atomic E-state index is 0.123. The summed E-state index contributed by atoms with van der Waals surface area (Å²) >= 11 is 0. The molecule has 10 heteroatoms. The predicted octanol–water partition coefficient (Wildman–Crippen LogP) is -3.22. The molecule has 0 amide bonds. The van der Waals surface area contributed by atoms with Crippen LogP contribution in [0, 0.1) is 31.0 Å². The fraction of sp³-hybridized carbons (Fsp3) is 0.214. The number of rotatable bonds is 2. The topological polar surface area (TPSA) is 156 Å². The van der Waals surface area contributed by atoms with Crippen molar-refractivity contribution in [3.63, 3.8) is 0 Å². The standard InChI is InChI=1S/C14H17N2O2S.ClHO4/c1-10-8-12(3)16(9-11(10)2)13-4-6-14(7-5-13)19(15,17)18;2-1(3,4)5/h4-9H,1-3H3,(H2,15,17,18);(H,2,3,4,5)/q+1;/p-1. The molecule has 1 aromatic carbocycles. The van der Waals surface area contributed by atoms with E-state index in [2.05, 4.69) is 13.0 Å². The number of aromatic nitrogens is 1. The molecule has 0 spiro atoms. The molecule has 1 heterocycles. The molecule has 0 aliphatic heterocycles. The largest absolute Gasteiger partial charge is 0.238 e. The van der Waals surface area contributed by atoms with Crippen LogP contribution in [0.4, 0.5) is 0 Å². The van der Waals surface area contributed by atoms with E-state index >= 15 is 0 Å². The molecule has 0 aliphatic rings. The van der Waals surface area contributed by atoms with E-state index in [9.17, 15) is 8.42 Å². The van der Waals surface area contributed by atoms with E-state index < -0.39 is 20.3 Å². The third kappa shape index (κ3) is 6.49. The Morgan fingerprint density at radius 3 is 1.83 bits per heavy atom. The molecule has 2 N–H and O–H groups in total. The lowest BCUT2D eigenvalue weighted by molar-refractivity contribution is -2.00. The molecule has 0 unspecified atom stereocenters. The van der Waals surface area contributed by atoms with Crippen molar-refractivity contribution >= 4 is 10.0 Å². The van der Waals surface area contributed by atoms with Crippen LogP contribution in [0.15, 0.2) is 41.4 Å². The summed E-state index contributed by atoms with van der Waals surface area (Å²) in [4.78, 5) is 0.123. The second-order valence-electron chi connectivity index (χ2n) is 5.07. The Labute approximate surface area is 142 Å². The number of pyridine rings is 1. The third-order valence-corrected chi connectivity index (χ3v) is 4.12. The van der Waals surface area contributed by atoms with Crippen molar-refractivity contribution in [3.8, 4) is 5.69 Å². The van der Waals surface area contributed by atoms with Crippen LogP contribution in [0.25, 0.3) is 5.69 Å². The van der Waals surface area contributed by atoms with Crippen molar-refractivity contribution in [2.24, 2.45) is 5.14 Å². The molecule has 0 fully saturated rings. The number of sulfonamides is 1. The molecule has 0 bridgehead atoms. The van der Waals surface area contributed by atoms with Gasteiger partial charge < -0.3 is 0 Å². The lowest BCUT2D eigenvalue weighted by atomic mass is 10.1. The summed E-state index contributed by atoms with van der Waals surface area (Å²) in [6, 6.07) is 8.64. The highest BCUT2D eigenvalue weighted by Gasteiger charge is 2.14. The van der Waals surface area contributed by atoms with Gasteiger partial charge in [0.2, 0.25) is 15.7 Å². The fourth-order valence-electron chi connectivity index (χ4n) is 1.97. The molecule has 0 radical (unpaired) electrons. The summed E-state index contributed by atoms with van der Waals surface area (Å²) in [5.74, 6) is 0. The van der Waals surface area contributed by atoms with Crippen LogP contribution in [0.3, 0.4) is 0 Å². The number of aryl methyl sites for hydroxylation is 3. The van der Waals surface area contributed by atoms with Gasteiger partial charge in [-0.25, -0.2) is 32.2 Å². The average molecular weight is 377 g/mol. The van der Waals surface area contributed by atoms with Gasteiger partial charge >= 0.3 is 0 Å². The van der Waals surface area contributed by atoms with E-state index in [0.717, 1.165) is 11.4 Å². The second-order valence-corrected chi connectivity index (χ2v) is 7.39. The molecule has 132 valence electrons. The summed E-state index contributed by atoms with van der Waals surface area (Å²) < 4.78 is 58.4. The molecule has 24 heavy (non-hydrogen) atoms. The van der Waals surface area contributed by atoms with E-state index in [1.54, 1.807) is 12.1 Å². The number of nitrogens with zero attached hydrogens (tertiary/aromatic N) is 1. The molecule has 0 aliphatic carbocycles. The molecule has 0 saturated carbocycles. The van der Waals surface area contributed by atoms with Gasteiger partial charge in [-0.3, -0.25) is 0 Å². The van der Waals surface area contributed by atoms with Crippen molar-refractivity contribution in [1.29, 1.82) is 0 Å². The number of halogens is 1. The SMILES string of the molecule is Cc1cc(C)[n+](-c2ccc(S(N)(=O)=O)cc2)cc1C.[O-][Cl+3]([O-])([O-])[O-]. The zero-order valence-corrected chi connectivity index (χ0v) is 14.8. The van der Waals surface area contributed by atoms with Crippen LogP contribution < -0.4 is 28.3 Å². The maximum absolute atomic E-state index is 11.2. The first-order valence-corrected chi connectivity index (χ1v) is 9.31. The molecular weight excluding hydrogens is 360 g/mol. The highest BCUT2D eigenvalue weighted by atomic mass is 35.7. The van der Waals surface area contributed by atoms with Crippen LogP contribution >= 0.6 is 0 Å². The number of primary sulfonamides is 1. The fourth-order valence-corrected chi connectivity index (χ4v) is 2.48. The van der Waals surface area contributed by atoms with Crippen LogP contribution in [0.1, 0.15) is 16.8 Å². The van der Waals surface area contributed by atoms with Crippen LogP contribution in [0.5, 0.6) is 0 Å². The van der Waals surface area contributed by atoms with Crippen molar-refractivity contribution in [3.05, 3.63) is 53.3 Å². The number of benzene rings is 1. The summed E-state index contributed by atoms with van der Waals surface area (Å²) in [6.07, 6.45) is 2.04. The van der Waals surface area contributed by atoms with Gasteiger partial charge in [-0.05, 0) is 31.5 Å². The van der Waals surface area contributed by atoms with Crippen LogP contribution in [-0.2, 0) is 10.0 Å². The number of hydrogen-bond acceptors (Lipinski definition) is 6. The number of nitrogens with two attached hydrogens (primary N) is 1. The maximum Gasteiger partial charge on any atom is 0.238 e. The molecular formula is C14H17ClN2O6S. The first kappa shape index (κ1) is 20.5. The summed E-state index contributed by atoms with van der Waals surface area (Å²) in [6.45, 7) is 6.13. The van der Waals surface area contributed by atoms with Gasteiger partial charge in [0, 0.05) is 30.7 Å². The normalized spacial score (nSPS) is 11.7. The van der Waals surface area contributed by atoms with E-state index in [1.165, 1.54) is 23.3 Å². The summed E-state index contributed by atoms with van der Waals surface area (Å²) in [5.41, 5.74) is 4.41. The number of hydrogen-bond donors (Lipinski definition) is 1. The molecule has 8 nitrogen and oxygen atoms in total. The lowest BCUT2D eigenvalue weighted by Gasteiger charge is -2.17. The Balaban J connectivity index is 0.000000505. The zero-order chi connectivity index (χ0) is 18.7. The highest BCUT2D eigenvalue weighted by Crippen LogP contribution is 2.11. The van der Waals surface area contributed by atoms with Gasteiger partial charge in [0.25, 0.3) is 0 Å². The zero-order valence-electron chi connectivity index (χ0n) is 13.2. The monoisotopic (exact) mass is 376 g/mol. The quantitative estimate of drug-likeness (QED) is 0.543. The van der Waals surface area contributed by atoms with Gasteiger partial charge in [-0.15, -0.1) is 10.2 Å². The Morgan fingerprint density at radius 2 is 1.42 bits per heavy atom. The second kappa shape index (κ2) is 7.53. The smallest absolute Gasteiger partial charge is 0.225 e. The van der Waals surface area contributed by atoms with Crippen molar-refractivity contribution in [2.45, 2.75) is 25.7 Å². The Bertz CT molecular complexity index is 810. The van der Waals surface area contributed by atoms with E-state index in [1.807, 2.05) is 24.6 Å². The van der Waals surface area contributed by atoms with E-state index in [-0.39, 0.29) is 4.90 Å².